The van der Waals surface area contributed by atoms with Crippen molar-refractivity contribution in [2.45, 2.75) is 50.2 Å². The highest BCUT2D eigenvalue weighted by Gasteiger charge is 2.40. The van der Waals surface area contributed by atoms with Crippen LogP contribution in [-0.2, 0) is 4.74 Å². The first kappa shape index (κ1) is 15.0. The molecule has 22 heavy (non-hydrogen) atoms. The zero-order valence-electron chi connectivity index (χ0n) is 12.4. The van der Waals surface area contributed by atoms with Crippen LogP contribution in [0, 0.1) is 0 Å². The fourth-order valence-electron chi connectivity index (χ4n) is 3.48. The molecule has 1 unspecified atom stereocenters. The van der Waals surface area contributed by atoms with Crippen molar-refractivity contribution >= 4 is 11.9 Å². The van der Waals surface area contributed by atoms with Crippen LogP contribution >= 0.6 is 0 Å². The molecule has 1 aliphatic carbocycles. The smallest absolute Gasteiger partial charge is 0.354 e. The summed E-state index contributed by atoms with van der Waals surface area (Å²) in [4.78, 5) is 27.0. The topological polar surface area (TPSA) is 88.5 Å². The van der Waals surface area contributed by atoms with Gasteiger partial charge in [-0.25, -0.2) is 9.78 Å². The summed E-state index contributed by atoms with van der Waals surface area (Å²) in [5.41, 5.74) is 0.159. The highest BCUT2D eigenvalue weighted by molar-refractivity contribution is 5.96. The number of hydrogen-bond donors (Lipinski definition) is 2. The van der Waals surface area contributed by atoms with Crippen molar-refractivity contribution in [3.8, 4) is 0 Å². The molecular weight excluding hydrogens is 284 g/mol. The van der Waals surface area contributed by atoms with Crippen LogP contribution in [0.1, 0.15) is 59.4 Å². The van der Waals surface area contributed by atoms with Crippen molar-refractivity contribution in [1.82, 2.24) is 10.3 Å². The van der Waals surface area contributed by atoms with Gasteiger partial charge < -0.3 is 15.2 Å². The van der Waals surface area contributed by atoms with E-state index >= 15 is 0 Å². The lowest BCUT2D eigenvalue weighted by Gasteiger charge is -2.38. The Hall–Kier alpha value is -1.95. The molecule has 1 saturated carbocycles. The highest BCUT2D eigenvalue weighted by Crippen LogP contribution is 2.39. The number of nitrogens with one attached hydrogen (secondary N) is 1. The zero-order valence-corrected chi connectivity index (χ0v) is 12.4. The maximum Gasteiger partial charge on any atom is 0.354 e. The Kier molecular flexibility index (Phi) is 4.11. The minimum atomic E-state index is -1.13. The normalized spacial score (nSPS) is 23.4. The van der Waals surface area contributed by atoms with E-state index in [9.17, 15) is 9.59 Å². The summed E-state index contributed by atoms with van der Waals surface area (Å²) in [5, 5.41) is 12.0. The fourth-order valence-corrected chi connectivity index (χ4v) is 3.48. The van der Waals surface area contributed by atoms with Crippen molar-refractivity contribution in [3.05, 3.63) is 29.6 Å². The molecule has 3 rings (SSSR count). The molecule has 2 N–H and O–H groups in total. The van der Waals surface area contributed by atoms with E-state index in [0.29, 0.717) is 12.2 Å². The molecule has 1 aromatic heterocycles. The van der Waals surface area contributed by atoms with Crippen LogP contribution < -0.4 is 5.32 Å². The Morgan fingerprint density at radius 3 is 2.86 bits per heavy atom. The van der Waals surface area contributed by atoms with Gasteiger partial charge in [0, 0.05) is 24.4 Å². The molecule has 1 aliphatic heterocycles. The minimum absolute atomic E-state index is 0.0549. The molecular formula is C16H20N2O4. The van der Waals surface area contributed by atoms with E-state index in [-0.39, 0.29) is 23.2 Å². The first-order valence-electron chi connectivity index (χ1n) is 7.72. The van der Waals surface area contributed by atoms with E-state index in [2.05, 4.69) is 10.3 Å². The SMILES string of the molecule is O=C(NC1CCOC2(CCCC2)C1)c1ccnc(C(=O)O)c1. The molecule has 2 heterocycles. The number of pyridine rings is 1. The Labute approximate surface area is 128 Å². The average Bonchev–Trinajstić information content (AvgIpc) is 2.95. The second-order valence-corrected chi connectivity index (χ2v) is 6.14. The van der Waals surface area contributed by atoms with E-state index in [1.54, 1.807) is 0 Å². The zero-order chi connectivity index (χ0) is 15.6. The molecule has 6 nitrogen and oxygen atoms in total. The number of carboxylic acid groups (broad SMARTS) is 1. The molecule has 1 saturated heterocycles. The lowest BCUT2D eigenvalue weighted by molar-refractivity contribution is -0.0823. The monoisotopic (exact) mass is 304 g/mol. The van der Waals surface area contributed by atoms with Crippen molar-refractivity contribution in [2.24, 2.45) is 0 Å². The summed E-state index contributed by atoms with van der Waals surface area (Å²) in [6.45, 7) is 0.668. The number of carbonyl (C=O) groups is 2. The summed E-state index contributed by atoms with van der Waals surface area (Å²) in [6.07, 6.45) is 7.50. The van der Waals surface area contributed by atoms with E-state index in [4.69, 9.17) is 9.84 Å². The summed E-state index contributed by atoms with van der Waals surface area (Å²) < 4.78 is 5.96. The number of aromatic carboxylic acids is 1. The van der Waals surface area contributed by atoms with Crippen LogP contribution in [0.4, 0.5) is 0 Å². The van der Waals surface area contributed by atoms with Gasteiger partial charge in [0.1, 0.15) is 5.69 Å². The number of nitrogens with zero attached hydrogens (tertiary/aromatic N) is 1. The third-order valence-corrected chi connectivity index (χ3v) is 4.58. The van der Waals surface area contributed by atoms with E-state index < -0.39 is 5.97 Å². The molecule has 2 aliphatic rings. The molecule has 118 valence electrons. The molecule has 6 heteroatoms. The number of rotatable bonds is 3. The largest absolute Gasteiger partial charge is 0.477 e. The standard InChI is InChI=1S/C16H20N2O4/c19-14(11-3-7-17-13(9-11)15(20)21)18-12-4-8-22-16(10-12)5-1-2-6-16/h3,7,9,12H,1-2,4-6,8,10H2,(H,18,19)(H,20,21). The van der Waals surface area contributed by atoms with E-state index in [1.807, 2.05) is 0 Å². The van der Waals surface area contributed by atoms with Gasteiger partial charge in [-0.2, -0.15) is 0 Å². The minimum Gasteiger partial charge on any atom is -0.477 e. The van der Waals surface area contributed by atoms with Gasteiger partial charge in [-0.15, -0.1) is 0 Å². The summed E-state index contributed by atoms with van der Waals surface area (Å²) >= 11 is 0. The maximum absolute atomic E-state index is 12.3. The van der Waals surface area contributed by atoms with Gasteiger partial charge in [0.25, 0.3) is 5.91 Å². The Morgan fingerprint density at radius 2 is 2.14 bits per heavy atom. The molecule has 0 aromatic carbocycles. The summed E-state index contributed by atoms with van der Waals surface area (Å²) in [7, 11) is 0. The van der Waals surface area contributed by atoms with Crippen LogP contribution in [0.2, 0.25) is 0 Å². The van der Waals surface area contributed by atoms with E-state index in [1.165, 1.54) is 31.2 Å². The van der Waals surface area contributed by atoms with E-state index in [0.717, 1.165) is 25.7 Å². The van der Waals surface area contributed by atoms with Gasteiger partial charge in [0.15, 0.2) is 0 Å². The van der Waals surface area contributed by atoms with Gasteiger partial charge in [0.2, 0.25) is 0 Å². The van der Waals surface area contributed by atoms with Crippen molar-refractivity contribution in [2.75, 3.05) is 6.61 Å². The fraction of sp³-hybridized carbons (Fsp3) is 0.562. The van der Waals surface area contributed by atoms with Crippen LogP contribution in [0.25, 0.3) is 0 Å². The third-order valence-electron chi connectivity index (χ3n) is 4.58. The number of ether oxygens (including phenoxy) is 1. The van der Waals surface area contributed by atoms with Crippen LogP contribution in [0.5, 0.6) is 0 Å². The second kappa shape index (κ2) is 6.04. The summed E-state index contributed by atoms with van der Waals surface area (Å²) in [6, 6.07) is 2.93. The lowest BCUT2D eigenvalue weighted by Crippen LogP contribution is -2.47. The molecule has 1 aromatic rings. The highest BCUT2D eigenvalue weighted by atomic mass is 16.5. The number of amides is 1. The van der Waals surface area contributed by atoms with Gasteiger partial charge in [-0.3, -0.25) is 4.79 Å². The van der Waals surface area contributed by atoms with Gasteiger partial charge in [-0.05, 0) is 37.8 Å². The van der Waals surface area contributed by atoms with Crippen LogP contribution in [0.15, 0.2) is 18.3 Å². The number of aromatic nitrogens is 1. The number of hydrogen-bond acceptors (Lipinski definition) is 4. The molecule has 1 atom stereocenters. The molecule has 0 bridgehead atoms. The molecule has 1 spiro atoms. The van der Waals surface area contributed by atoms with Crippen molar-refractivity contribution in [1.29, 1.82) is 0 Å². The lowest BCUT2D eigenvalue weighted by atomic mass is 9.89. The molecule has 2 fully saturated rings. The molecule has 0 radical (unpaired) electrons. The maximum atomic E-state index is 12.3. The quantitative estimate of drug-likeness (QED) is 0.891. The first-order chi connectivity index (χ1) is 10.6. The summed E-state index contributed by atoms with van der Waals surface area (Å²) in [5.74, 6) is -1.38. The Morgan fingerprint density at radius 1 is 1.36 bits per heavy atom. The number of carbonyl (C=O) groups excluding carboxylic acids is 1. The van der Waals surface area contributed by atoms with Gasteiger partial charge in [0.05, 0.1) is 5.60 Å². The van der Waals surface area contributed by atoms with Crippen molar-refractivity contribution in [3.63, 3.8) is 0 Å². The Bertz CT molecular complexity index is 581. The Balaban J connectivity index is 1.66. The third kappa shape index (κ3) is 3.11. The van der Waals surface area contributed by atoms with Gasteiger partial charge in [-0.1, -0.05) is 12.8 Å². The number of carboxylic acids is 1. The van der Waals surface area contributed by atoms with Crippen LogP contribution in [0.3, 0.4) is 0 Å². The van der Waals surface area contributed by atoms with Gasteiger partial charge >= 0.3 is 5.97 Å². The van der Waals surface area contributed by atoms with Crippen molar-refractivity contribution < 1.29 is 19.4 Å². The molecule has 1 amide bonds. The predicted molar refractivity (Wildman–Crippen MR) is 78.8 cm³/mol. The second-order valence-electron chi connectivity index (χ2n) is 6.14. The first-order valence-corrected chi connectivity index (χ1v) is 7.72. The van der Waals surface area contributed by atoms with Crippen LogP contribution in [-0.4, -0.2) is 40.2 Å². The predicted octanol–water partition coefficient (Wildman–Crippen LogP) is 2.00. The average molecular weight is 304 g/mol.